The Bertz CT molecular complexity index is 433. The molecule has 80 valence electrons. The van der Waals surface area contributed by atoms with E-state index in [4.69, 9.17) is 9.15 Å². The van der Waals surface area contributed by atoms with E-state index < -0.39 is 6.10 Å². The lowest BCUT2D eigenvalue weighted by Crippen LogP contribution is -2.07. The Balaban J connectivity index is 2.40. The van der Waals surface area contributed by atoms with E-state index in [2.05, 4.69) is 5.10 Å². The molecule has 5 nitrogen and oxygen atoms in total. The van der Waals surface area contributed by atoms with Gasteiger partial charge in [-0.1, -0.05) is 0 Å². The molecular weight excluding hydrogens is 196 g/mol. The standard InChI is InChI=1S/C10H12N2O3/c1-12-9(8(14-2)6-11-12)10(13)7-4-3-5-15-7/h3-6,10,13H,1-2H3. The average Bonchev–Trinajstić information content (AvgIpc) is 2.85. The van der Waals surface area contributed by atoms with Gasteiger partial charge >= 0.3 is 0 Å². The van der Waals surface area contributed by atoms with Gasteiger partial charge in [-0.05, 0) is 12.1 Å². The van der Waals surface area contributed by atoms with Crippen molar-refractivity contribution < 1.29 is 14.3 Å². The summed E-state index contributed by atoms with van der Waals surface area (Å²) in [6, 6.07) is 3.43. The van der Waals surface area contributed by atoms with Crippen LogP contribution in [-0.4, -0.2) is 22.0 Å². The van der Waals surface area contributed by atoms with E-state index in [0.717, 1.165) is 0 Å². The monoisotopic (exact) mass is 208 g/mol. The molecule has 2 aromatic rings. The summed E-state index contributed by atoms with van der Waals surface area (Å²) in [6.07, 6.45) is 2.21. The molecular formula is C10H12N2O3. The molecule has 0 aliphatic carbocycles. The molecule has 2 rings (SSSR count). The van der Waals surface area contributed by atoms with Crippen molar-refractivity contribution in [3.63, 3.8) is 0 Å². The predicted octanol–water partition coefficient (Wildman–Crippen LogP) is 1.10. The summed E-state index contributed by atoms with van der Waals surface area (Å²) in [5.41, 5.74) is 0.576. The van der Waals surface area contributed by atoms with Crippen LogP contribution in [0.5, 0.6) is 5.75 Å². The molecule has 0 spiro atoms. The molecule has 0 amide bonds. The number of ether oxygens (including phenoxy) is 1. The van der Waals surface area contributed by atoms with Gasteiger partial charge < -0.3 is 14.3 Å². The van der Waals surface area contributed by atoms with Crippen molar-refractivity contribution >= 4 is 0 Å². The van der Waals surface area contributed by atoms with Crippen LogP contribution in [0.4, 0.5) is 0 Å². The van der Waals surface area contributed by atoms with Crippen LogP contribution >= 0.6 is 0 Å². The topological polar surface area (TPSA) is 60.4 Å². The van der Waals surface area contributed by atoms with Crippen LogP contribution in [0.25, 0.3) is 0 Å². The second-order valence-corrected chi connectivity index (χ2v) is 3.14. The van der Waals surface area contributed by atoms with E-state index in [1.165, 1.54) is 13.4 Å². The van der Waals surface area contributed by atoms with E-state index in [1.54, 1.807) is 30.1 Å². The number of hydrogen-bond acceptors (Lipinski definition) is 4. The lowest BCUT2D eigenvalue weighted by atomic mass is 10.2. The summed E-state index contributed by atoms with van der Waals surface area (Å²) in [7, 11) is 3.28. The summed E-state index contributed by atoms with van der Waals surface area (Å²) in [6.45, 7) is 0. The highest BCUT2D eigenvalue weighted by Gasteiger charge is 2.21. The summed E-state index contributed by atoms with van der Waals surface area (Å²) < 4.78 is 11.8. The minimum atomic E-state index is -0.859. The average molecular weight is 208 g/mol. The Morgan fingerprint density at radius 3 is 3.00 bits per heavy atom. The lowest BCUT2D eigenvalue weighted by molar-refractivity contribution is 0.175. The van der Waals surface area contributed by atoms with Crippen LogP contribution in [-0.2, 0) is 7.05 Å². The molecule has 2 aromatic heterocycles. The van der Waals surface area contributed by atoms with E-state index in [9.17, 15) is 5.11 Å². The van der Waals surface area contributed by atoms with Gasteiger partial charge in [0.2, 0.25) is 0 Å². The van der Waals surface area contributed by atoms with Gasteiger partial charge in [-0.15, -0.1) is 0 Å². The summed E-state index contributed by atoms with van der Waals surface area (Å²) >= 11 is 0. The van der Waals surface area contributed by atoms with Crippen LogP contribution in [0.3, 0.4) is 0 Å². The Kier molecular flexibility index (Phi) is 2.47. The highest BCUT2D eigenvalue weighted by atomic mass is 16.5. The molecule has 2 heterocycles. The third-order valence-electron chi connectivity index (χ3n) is 2.24. The van der Waals surface area contributed by atoms with Crippen molar-refractivity contribution in [1.82, 2.24) is 9.78 Å². The largest absolute Gasteiger partial charge is 0.493 e. The van der Waals surface area contributed by atoms with Crippen molar-refractivity contribution in [3.05, 3.63) is 36.0 Å². The maximum Gasteiger partial charge on any atom is 0.163 e. The number of aliphatic hydroxyl groups excluding tert-OH is 1. The number of aliphatic hydroxyl groups is 1. The zero-order valence-corrected chi connectivity index (χ0v) is 8.54. The van der Waals surface area contributed by atoms with Crippen molar-refractivity contribution in [1.29, 1.82) is 0 Å². The number of nitrogens with zero attached hydrogens (tertiary/aromatic N) is 2. The summed E-state index contributed by atoms with van der Waals surface area (Å²) in [4.78, 5) is 0. The molecule has 15 heavy (non-hydrogen) atoms. The van der Waals surface area contributed by atoms with Crippen molar-refractivity contribution in [2.75, 3.05) is 7.11 Å². The maximum absolute atomic E-state index is 10.0. The fraction of sp³-hybridized carbons (Fsp3) is 0.300. The SMILES string of the molecule is COc1cnn(C)c1C(O)c1ccco1. The minimum Gasteiger partial charge on any atom is -0.493 e. The minimum absolute atomic E-state index is 0.469. The van der Waals surface area contributed by atoms with Gasteiger partial charge in [-0.25, -0.2) is 0 Å². The highest BCUT2D eigenvalue weighted by Crippen LogP contribution is 2.29. The van der Waals surface area contributed by atoms with E-state index >= 15 is 0 Å². The Morgan fingerprint density at radius 2 is 2.40 bits per heavy atom. The summed E-state index contributed by atoms with van der Waals surface area (Å²) in [5, 5.41) is 14.0. The Labute approximate surface area is 86.9 Å². The first-order chi connectivity index (χ1) is 7.24. The lowest BCUT2D eigenvalue weighted by Gasteiger charge is -2.10. The quantitative estimate of drug-likeness (QED) is 0.820. The first-order valence-corrected chi connectivity index (χ1v) is 4.51. The molecule has 1 atom stereocenters. The number of hydrogen-bond donors (Lipinski definition) is 1. The number of aromatic nitrogens is 2. The van der Waals surface area contributed by atoms with Gasteiger partial charge in [-0.3, -0.25) is 4.68 Å². The van der Waals surface area contributed by atoms with Crippen LogP contribution in [0.1, 0.15) is 17.6 Å². The number of methoxy groups -OCH3 is 1. The zero-order chi connectivity index (χ0) is 10.8. The Morgan fingerprint density at radius 1 is 1.60 bits per heavy atom. The second-order valence-electron chi connectivity index (χ2n) is 3.14. The van der Waals surface area contributed by atoms with Crippen molar-refractivity contribution in [2.45, 2.75) is 6.10 Å². The molecule has 0 saturated heterocycles. The van der Waals surface area contributed by atoms with E-state index in [-0.39, 0.29) is 0 Å². The van der Waals surface area contributed by atoms with Gasteiger partial charge in [0.25, 0.3) is 0 Å². The molecule has 0 aromatic carbocycles. The molecule has 0 aliphatic rings. The smallest absolute Gasteiger partial charge is 0.163 e. The number of rotatable bonds is 3. The molecule has 0 radical (unpaired) electrons. The molecule has 1 unspecified atom stereocenters. The molecule has 0 fully saturated rings. The van der Waals surface area contributed by atoms with Crippen LogP contribution < -0.4 is 4.74 Å². The molecule has 0 bridgehead atoms. The first-order valence-electron chi connectivity index (χ1n) is 4.51. The van der Waals surface area contributed by atoms with Gasteiger partial charge in [0.05, 0.1) is 19.6 Å². The second kappa shape index (κ2) is 3.78. The van der Waals surface area contributed by atoms with Crippen LogP contribution in [0.2, 0.25) is 0 Å². The fourth-order valence-corrected chi connectivity index (χ4v) is 1.48. The fourth-order valence-electron chi connectivity index (χ4n) is 1.48. The van der Waals surface area contributed by atoms with E-state index in [1.807, 2.05) is 0 Å². The third kappa shape index (κ3) is 1.61. The molecule has 0 aliphatic heterocycles. The summed E-state index contributed by atoms with van der Waals surface area (Å²) in [5.74, 6) is 1.01. The zero-order valence-electron chi connectivity index (χ0n) is 8.54. The van der Waals surface area contributed by atoms with Crippen molar-refractivity contribution in [3.8, 4) is 5.75 Å². The third-order valence-corrected chi connectivity index (χ3v) is 2.24. The number of furan rings is 1. The number of aryl methyl sites for hydroxylation is 1. The molecule has 5 heteroatoms. The van der Waals surface area contributed by atoms with Crippen LogP contribution in [0.15, 0.2) is 29.0 Å². The Hall–Kier alpha value is -1.75. The van der Waals surface area contributed by atoms with E-state index in [0.29, 0.717) is 17.2 Å². The predicted molar refractivity (Wildman–Crippen MR) is 52.5 cm³/mol. The normalized spacial score (nSPS) is 12.7. The van der Waals surface area contributed by atoms with Gasteiger partial charge in [0, 0.05) is 7.05 Å². The maximum atomic E-state index is 10.0. The van der Waals surface area contributed by atoms with Gasteiger partial charge in [0.1, 0.15) is 11.5 Å². The van der Waals surface area contributed by atoms with Gasteiger partial charge in [0.15, 0.2) is 11.9 Å². The first kappa shape index (κ1) is 9.79. The van der Waals surface area contributed by atoms with Crippen molar-refractivity contribution in [2.24, 2.45) is 7.05 Å². The van der Waals surface area contributed by atoms with Crippen LogP contribution in [0, 0.1) is 0 Å². The van der Waals surface area contributed by atoms with Gasteiger partial charge in [-0.2, -0.15) is 5.10 Å². The highest BCUT2D eigenvalue weighted by molar-refractivity contribution is 5.31. The molecule has 0 saturated carbocycles. The molecule has 1 N–H and O–H groups in total.